The zero-order valence-corrected chi connectivity index (χ0v) is 13.1. The molecule has 0 atom stereocenters. The first-order chi connectivity index (χ1) is 10.5. The molecule has 0 fully saturated rings. The van der Waals surface area contributed by atoms with E-state index in [0.29, 0.717) is 4.47 Å². The van der Waals surface area contributed by atoms with Crippen LogP contribution in [0.1, 0.15) is 27.6 Å². The van der Waals surface area contributed by atoms with Gasteiger partial charge < -0.3 is 9.47 Å². The van der Waals surface area contributed by atoms with Gasteiger partial charge in [0, 0.05) is 11.4 Å². The molecule has 0 N–H and O–H groups in total. The third-order valence-corrected chi connectivity index (χ3v) is 3.29. The summed E-state index contributed by atoms with van der Waals surface area (Å²) in [6.07, 6.45) is 0. The van der Waals surface area contributed by atoms with Crippen LogP contribution in [0.4, 0.5) is 0 Å². The van der Waals surface area contributed by atoms with Crippen molar-refractivity contribution in [1.82, 2.24) is 0 Å². The second kappa shape index (κ2) is 7.00. The average molecular weight is 363 g/mol. The second-order valence-corrected chi connectivity index (χ2v) is 5.10. The Morgan fingerprint density at radius 3 is 2.23 bits per heavy atom. The Morgan fingerprint density at radius 1 is 0.909 bits per heavy atom. The molecule has 0 aromatic heterocycles. The number of esters is 3. The number of rotatable bonds is 3. The standard InChI is InChI=1S/C16H11BrO5/c1-10(18)21-13-9-5-8-12(17)14(13)16(20)22-15(19)11-6-3-2-4-7-11/h2-9H,1H3. The lowest BCUT2D eigenvalue weighted by Gasteiger charge is -2.09. The Labute approximate surface area is 135 Å². The van der Waals surface area contributed by atoms with E-state index in [1.165, 1.54) is 25.1 Å². The van der Waals surface area contributed by atoms with Gasteiger partial charge in [0.2, 0.25) is 0 Å². The summed E-state index contributed by atoms with van der Waals surface area (Å²) in [6, 6.07) is 12.7. The van der Waals surface area contributed by atoms with Gasteiger partial charge >= 0.3 is 17.9 Å². The normalized spacial score (nSPS) is 9.91. The number of hydrogen-bond donors (Lipinski definition) is 0. The van der Waals surface area contributed by atoms with Crippen molar-refractivity contribution in [2.45, 2.75) is 6.92 Å². The van der Waals surface area contributed by atoms with Gasteiger partial charge in [-0.15, -0.1) is 0 Å². The predicted octanol–water partition coefficient (Wildman–Crippen LogP) is 3.37. The van der Waals surface area contributed by atoms with Gasteiger partial charge in [0.25, 0.3) is 0 Å². The molecule has 0 heterocycles. The summed E-state index contributed by atoms with van der Waals surface area (Å²) in [5.74, 6) is -2.25. The van der Waals surface area contributed by atoms with Gasteiger partial charge in [0.15, 0.2) is 0 Å². The summed E-state index contributed by atoms with van der Waals surface area (Å²) in [6.45, 7) is 1.21. The fraction of sp³-hybridized carbons (Fsp3) is 0.0625. The number of hydrogen-bond acceptors (Lipinski definition) is 5. The lowest BCUT2D eigenvalue weighted by Crippen LogP contribution is -2.15. The minimum atomic E-state index is -0.905. The van der Waals surface area contributed by atoms with E-state index in [9.17, 15) is 14.4 Å². The maximum absolute atomic E-state index is 12.2. The molecular weight excluding hydrogens is 352 g/mol. The average Bonchev–Trinajstić information content (AvgIpc) is 2.47. The molecule has 0 bridgehead atoms. The van der Waals surface area contributed by atoms with E-state index >= 15 is 0 Å². The molecule has 0 radical (unpaired) electrons. The van der Waals surface area contributed by atoms with Crippen LogP contribution in [0.25, 0.3) is 0 Å². The SMILES string of the molecule is CC(=O)Oc1cccc(Br)c1C(=O)OC(=O)c1ccccc1. The molecule has 2 aromatic carbocycles. The van der Waals surface area contributed by atoms with E-state index in [0.717, 1.165) is 0 Å². The monoisotopic (exact) mass is 362 g/mol. The lowest BCUT2D eigenvalue weighted by atomic mass is 10.2. The largest absolute Gasteiger partial charge is 0.426 e. The minimum Gasteiger partial charge on any atom is -0.426 e. The third kappa shape index (κ3) is 3.79. The molecule has 2 rings (SSSR count). The molecule has 0 unspecified atom stereocenters. The van der Waals surface area contributed by atoms with Crippen molar-refractivity contribution in [3.63, 3.8) is 0 Å². The van der Waals surface area contributed by atoms with E-state index < -0.39 is 17.9 Å². The van der Waals surface area contributed by atoms with Crippen LogP contribution in [0.5, 0.6) is 5.75 Å². The van der Waals surface area contributed by atoms with Crippen LogP contribution in [0.15, 0.2) is 53.0 Å². The first kappa shape index (κ1) is 15.9. The van der Waals surface area contributed by atoms with Crippen LogP contribution in [0.2, 0.25) is 0 Å². The van der Waals surface area contributed by atoms with Gasteiger partial charge in [-0.1, -0.05) is 24.3 Å². The third-order valence-electron chi connectivity index (χ3n) is 2.63. The maximum Gasteiger partial charge on any atom is 0.351 e. The summed E-state index contributed by atoms with van der Waals surface area (Å²) in [5.41, 5.74) is 0.221. The van der Waals surface area contributed by atoms with Crippen molar-refractivity contribution in [1.29, 1.82) is 0 Å². The van der Waals surface area contributed by atoms with E-state index in [1.54, 1.807) is 30.3 Å². The molecule has 22 heavy (non-hydrogen) atoms. The molecule has 2 aromatic rings. The van der Waals surface area contributed by atoms with E-state index in [2.05, 4.69) is 15.9 Å². The molecule has 6 heteroatoms. The summed E-state index contributed by atoms with van der Waals surface area (Å²) >= 11 is 3.18. The highest BCUT2D eigenvalue weighted by Crippen LogP contribution is 2.28. The van der Waals surface area contributed by atoms with E-state index in [1.807, 2.05) is 0 Å². The van der Waals surface area contributed by atoms with Crippen molar-refractivity contribution < 1.29 is 23.9 Å². The number of carbonyl (C=O) groups is 3. The molecule has 112 valence electrons. The molecular formula is C16H11BrO5. The van der Waals surface area contributed by atoms with Crippen LogP contribution in [0, 0.1) is 0 Å². The molecule has 0 saturated carbocycles. The molecule has 5 nitrogen and oxygen atoms in total. The second-order valence-electron chi connectivity index (χ2n) is 4.25. The summed E-state index contributed by atoms with van der Waals surface area (Å²) in [7, 11) is 0. The highest BCUT2D eigenvalue weighted by molar-refractivity contribution is 9.10. The number of ether oxygens (including phenoxy) is 2. The molecule has 0 aliphatic heterocycles. The van der Waals surface area contributed by atoms with Crippen LogP contribution < -0.4 is 4.74 Å². The van der Waals surface area contributed by atoms with Gasteiger partial charge in [-0.25, -0.2) is 9.59 Å². The zero-order chi connectivity index (χ0) is 16.1. The van der Waals surface area contributed by atoms with Gasteiger partial charge in [-0.2, -0.15) is 0 Å². The first-order valence-electron chi connectivity index (χ1n) is 6.27. The van der Waals surface area contributed by atoms with Crippen molar-refractivity contribution in [3.05, 3.63) is 64.1 Å². The van der Waals surface area contributed by atoms with E-state index in [4.69, 9.17) is 9.47 Å². The maximum atomic E-state index is 12.2. The fourth-order valence-corrected chi connectivity index (χ4v) is 2.22. The van der Waals surface area contributed by atoms with Gasteiger partial charge in [-0.05, 0) is 40.2 Å². The Morgan fingerprint density at radius 2 is 1.59 bits per heavy atom. The first-order valence-corrected chi connectivity index (χ1v) is 7.07. The van der Waals surface area contributed by atoms with Crippen LogP contribution >= 0.6 is 15.9 Å². The highest BCUT2D eigenvalue weighted by Gasteiger charge is 2.22. The van der Waals surface area contributed by atoms with E-state index in [-0.39, 0.29) is 16.9 Å². The Hall–Kier alpha value is -2.47. The fourth-order valence-electron chi connectivity index (χ4n) is 1.71. The quantitative estimate of drug-likeness (QED) is 0.475. The molecule has 0 aliphatic carbocycles. The van der Waals surface area contributed by atoms with Crippen molar-refractivity contribution in [2.75, 3.05) is 0 Å². The number of halogens is 1. The smallest absolute Gasteiger partial charge is 0.351 e. The van der Waals surface area contributed by atoms with Crippen molar-refractivity contribution in [3.8, 4) is 5.75 Å². The Bertz CT molecular complexity index is 725. The molecule has 0 amide bonds. The lowest BCUT2D eigenvalue weighted by molar-refractivity contribution is -0.131. The summed E-state index contributed by atoms with van der Waals surface area (Å²) in [5, 5.41) is 0. The summed E-state index contributed by atoms with van der Waals surface area (Å²) < 4.78 is 10.1. The zero-order valence-electron chi connectivity index (χ0n) is 11.5. The number of benzene rings is 2. The van der Waals surface area contributed by atoms with Crippen LogP contribution in [0.3, 0.4) is 0 Å². The highest BCUT2D eigenvalue weighted by atomic mass is 79.9. The van der Waals surface area contributed by atoms with Gasteiger partial charge in [0.05, 0.1) is 5.56 Å². The van der Waals surface area contributed by atoms with Gasteiger partial charge in [0.1, 0.15) is 11.3 Å². The predicted molar refractivity (Wildman–Crippen MR) is 81.6 cm³/mol. The van der Waals surface area contributed by atoms with Crippen molar-refractivity contribution >= 4 is 33.8 Å². The topological polar surface area (TPSA) is 69.7 Å². The molecule has 0 spiro atoms. The van der Waals surface area contributed by atoms with Gasteiger partial charge in [-0.3, -0.25) is 4.79 Å². The molecule has 0 aliphatic rings. The Balaban J connectivity index is 2.26. The Kier molecular flexibility index (Phi) is 5.06. The van der Waals surface area contributed by atoms with Crippen LogP contribution in [-0.2, 0) is 9.53 Å². The molecule has 0 saturated heterocycles. The summed E-state index contributed by atoms with van der Waals surface area (Å²) in [4.78, 5) is 35.2. The van der Waals surface area contributed by atoms with Crippen molar-refractivity contribution in [2.24, 2.45) is 0 Å². The minimum absolute atomic E-state index is 0.0211. The number of carbonyl (C=O) groups excluding carboxylic acids is 3. The van der Waals surface area contributed by atoms with Crippen LogP contribution in [-0.4, -0.2) is 17.9 Å².